The Balaban J connectivity index is 1.82. The molecule has 0 saturated heterocycles. The Morgan fingerprint density at radius 3 is 2.57 bits per heavy atom. The molecule has 21 heavy (non-hydrogen) atoms. The molecule has 2 aromatic rings. The highest BCUT2D eigenvalue weighted by Gasteiger charge is 2.05. The van der Waals surface area contributed by atoms with Gasteiger partial charge in [0, 0.05) is 28.4 Å². The number of aryl methyl sites for hydroxylation is 2. The van der Waals surface area contributed by atoms with Crippen molar-refractivity contribution in [3.8, 4) is 0 Å². The van der Waals surface area contributed by atoms with Crippen molar-refractivity contribution in [1.82, 2.24) is 0 Å². The molecule has 1 amide bonds. The molecule has 2 aromatic carbocycles. The Labute approximate surface area is 129 Å². The van der Waals surface area contributed by atoms with Crippen molar-refractivity contribution in [2.24, 2.45) is 0 Å². The van der Waals surface area contributed by atoms with Gasteiger partial charge in [0.2, 0.25) is 5.91 Å². The number of carbonyl (C=O) groups is 1. The maximum absolute atomic E-state index is 12.0. The number of thioether (sulfide) groups is 1. The second-order valence-electron chi connectivity index (χ2n) is 5.03. The van der Waals surface area contributed by atoms with Crippen molar-refractivity contribution < 1.29 is 4.79 Å². The third kappa shape index (κ3) is 4.83. The van der Waals surface area contributed by atoms with Gasteiger partial charge in [-0.05, 0) is 55.3 Å². The summed E-state index contributed by atoms with van der Waals surface area (Å²) in [7, 11) is 0. The molecule has 0 aliphatic heterocycles. The molecule has 110 valence electrons. The number of nitrogens with one attached hydrogen (secondary N) is 1. The molecule has 0 saturated carbocycles. The first-order valence-electron chi connectivity index (χ1n) is 6.90. The molecule has 0 heterocycles. The zero-order valence-electron chi connectivity index (χ0n) is 12.3. The Hall–Kier alpha value is -1.94. The highest BCUT2D eigenvalue weighted by Crippen LogP contribution is 2.21. The molecule has 0 aliphatic rings. The van der Waals surface area contributed by atoms with Crippen LogP contribution < -0.4 is 11.1 Å². The first-order valence-corrected chi connectivity index (χ1v) is 7.88. The number of hydrogen-bond acceptors (Lipinski definition) is 3. The lowest BCUT2D eigenvalue weighted by atomic mass is 10.1. The van der Waals surface area contributed by atoms with Crippen LogP contribution in [0.3, 0.4) is 0 Å². The Morgan fingerprint density at radius 1 is 1.14 bits per heavy atom. The number of nitrogen functional groups attached to an aromatic ring is 1. The summed E-state index contributed by atoms with van der Waals surface area (Å²) in [6.07, 6.45) is 0.489. The van der Waals surface area contributed by atoms with Gasteiger partial charge in [-0.1, -0.05) is 12.1 Å². The van der Waals surface area contributed by atoms with E-state index in [0.29, 0.717) is 6.42 Å². The summed E-state index contributed by atoms with van der Waals surface area (Å²) in [5.41, 5.74) is 9.53. The molecular formula is C17H20N2OS. The predicted molar refractivity (Wildman–Crippen MR) is 90.7 cm³/mol. The number of amides is 1. The van der Waals surface area contributed by atoms with E-state index in [-0.39, 0.29) is 5.91 Å². The fraction of sp³-hybridized carbons (Fsp3) is 0.235. The average Bonchev–Trinajstić information content (AvgIpc) is 2.45. The first kappa shape index (κ1) is 15.4. The summed E-state index contributed by atoms with van der Waals surface area (Å²) >= 11 is 1.66. The summed E-state index contributed by atoms with van der Waals surface area (Å²) in [5.74, 6) is 0.798. The van der Waals surface area contributed by atoms with Crippen LogP contribution in [-0.4, -0.2) is 11.7 Å². The first-order chi connectivity index (χ1) is 10.0. The summed E-state index contributed by atoms with van der Waals surface area (Å²) in [6.45, 7) is 4.02. The lowest BCUT2D eigenvalue weighted by Crippen LogP contribution is -2.13. The highest BCUT2D eigenvalue weighted by atomic mass is 32.2. The van der Waals surface area contributed by atoms with E-state index in [1.54, 1.807) is 11.8 Å². The Kier molecular flexibility index (Phi) is 5.28. The van der Waals surface area contributed by atoms with Gasteiger partial charge in [-0.3, -0.25) is 4.79 Å². The van der Waals surface area contributed by atoms with Crippen LogP contribution >= 0.6 is 11.8 Å². The number of hydrogen-bond donors (Lipinski definition) is 2. The molecule has 4 heteroatoms. The molecule has 3 nitrogen and oxygen atoms in total. The SMILES string of the molecule is Cc1ccc(C)c(NC(=O)CCSc2ccc(N)cc2)c1. The summed E-state index contributed by atoms with van der Waals surface area (Å²) in [6, 6.07) is 13.8. The molecule has 0 radical (unpaired) electrons. The standard InChI is InChI=1S/C17H20N2OS/c1-12-3-4-13(2)16(11-12)19-17(20)9-10-21-15-7-5-14(18)6-8-15/h3-8,11H,9-10,18H2,1-2H3,(H,19,20). The molecule has 0 aliphatic carbocycles. The van der Waals surface area contributed by atoms with Gasteiger partial charge in [0.1, 0.15) is 0 Å². The van der Waals surface area contributed by atoms with Crippen molar-refractivity contribution in [3.05, 3.63) is 53.6 Å². The molecule has 0 unspecified atom stereocenters. The quantitative estimate of drug-likeness (QED) is 0.648. The maximum atomic E-state index is 12.0. The van der Waals surface area contributed by atoms with Gasteiger partial charge >= 0.3 is 0 Å². The van der Waals surface area contributed by atoms with Crippen molar-refractivity contribution >= 4 is 29.0 Å². The van der Waals surface area contributed by atoms with Crippen LogP contribution in [0.4, 0.5) is 11.4 Å². The molecule has 0 fully saturated rings. The van der Waals surface area contributed by atoms with Crippen molar-refractivity contribution in [2.45, 2.75) is 25.2 Å². The summed E-state index contributed by atoms with van der Waals surface area (Å²) in [5, 5.41) is 2.97. The van der Waals surface area contributed by atoms with Gasteiger partial charge in [-0.2, -0.15) is 0 Å². The molecular weight excluding hydrogens is 280 g/mol. The van der Waals surface area contributed by atoms with Gasteiger partial charge in [0.15, 0.2) is 0 Å². The van der Waals surface area contributed by atoms with Crippen LogP contribution in [0.25, 0.3) is 0 Å². The summed E-state index contributed by atoms with van der Waals surface area (Å²) in [4.78, 5) is 13.1. The molecule has 0 bridgehead atoms. The molecule has 0 spiro atoms. The van der Waals surface area contributed by atoms with Crippen LogP contribution in [-0.2, 0) is 4.79 Å². The molecule has 3 N–H and O–H groups in total. The van der Waals surface area contributed by atoms with Crippen LogP contribution in [0.15, 0.2) is 47.4 Å². The number of rotatable bonds is 5. The largest absolute Gasteiger partial charge is 0.399 e. The van der Waals surface area contributed by atoms with E-state index in [1.165, 1.54) is 0 Å². The van der Waals surface area contributed by atoms with E-state index >= 15 is 0 Å². The Morgan fingerprint density at radius 2 is 1.86 bits per heavy atom. The fourth-order valence-electron chi connectivity index (χ4n) is 1.91. The van der Waals surface area contributed by atoms with Gasteiger partial charge in [-0.15, -0.1) is 11.8 Å². The van der Waals surface area contributed by atoms with E-state index < -0.39 is 0 Å². The number of carbonyl (C=O) groups excluding carboxylic acids is 1. The second kappa shape index (κ2) is 7.18. The van der Waals surface area contributed by atoms with Crippen molar-refractivity contribution in [3.63, 3.8) is 0 Å². The minimum absolute atomic E-state index is 0.0478. The lowest BCUT2D eigenvalue weighted by Gasteiger charge is -2.09. The molecule has 0 atom stereocenters. The Bertz CT molecular complexity index is 623. The van der Waals surface area contributed by atoms with Gasteiger partial charge < -0.3 is 11.1 Å². The number of nitrogens with two attached hydrogens (primary N) is 1. The third-order valence-electron chi connectivity index (χ3n) is 3.15. The topological polar surface area (TPSA) is 55.1 Å². The van der Waals surface area contributed by atoms with Crippen LogP contribution in [0.1, 0.15) is 17.5 Å². The van der Waals surface area contributed by atoms with E-state index in [1.807, 2.05) is 56.3 Å². The van der Waals surface area contributed by atoms with E-state index in [4.69, 9.17) is 5.73 Å². The highest BCUT2D eigenvalue weighted by molar-refractivity contribution is 7.99. The minimum atomic E-state index is 0.0478. The van der Waals surface area contributed by atoms with E-state index in [0.717, 1.165) is 33.2 Å². The fourth-order valence-corrected chi connectivity index (χ4v) is 2.76. The van der Waals surface area contributed by atoms with Crippen LogP contribution in [0.2, 0.25) is 0 Å². The zero-order valence-corrected chi connectivity index (χ0v) is 13.2. The normalized spacial score (nSPS) is 10.4. The second-order valence-corrected chi connectivity index (χ2v) is 6.20. The maximum Gasteiger partial charge on any atom is 0.225 e. The summed E-state index contributed by atoms with van der Waals surface area (Å²) < 4.78 is 0. The zero-order chi connectivity index (χ0) is 15.2. The lowest BCUT2D eigenvalue weighted by molar-refractivity contribution is -0.115. The predicted octanol–water partition coefficient (Wildman–Crippen LogP) is 4.01. The van der Waals surface area contributed by atoms with Crippen LogP contribution in [0.5, 0.6) is 0 Å². The number of anilines is 2. The third-order valence-corrected chi connectivity index (χ3v) is 4.16. The van der Waals surface area contributed by atoms with Gasteiger partial charge in [-0.25, -0.2) is 0 Å². The minimum Gasteiger partial charge on any atom is -0.399 e. The number of benzene rings is 2. The van der Waals surface area contributed by atoms with Gasteiger partial charge in [0.25, 0.3) is 0 Å². The van der Waals surface area contributed by atoms with Crippen molar-refractivity contribution in [1.29, 1.82) is 0 Å². The molecule has 0 aromatic heterocycles. The molecule has 2 rings (SSSR count). The smallest absolute Gasteiger partial charge is 0.225 e. The van der Waals surface area contributed by atoms with Crippen LogP contribution in [0, 0.1) is 13.8 Å². The monoisotopic (exact) mass is 300 g/mol. The average molecular weight is 300 g/mol. The van der Waals surface area contributed by atoms with Gasteiger partial charge in [0.05, 0.1) is 0 Å². The van der Waals surface area contributed by atoms with E-state index in [2.05, 4.69) is 5.32 Å². The van der Waals surface area contributed by atoms with Crippen molar-refractivity contribution in [2.75, 3.05) is 16.8 Å². The van der Waals surface area contributed by atoms with E-state index in [9.17, 15) is 4.79 Å².